The summed E-state index contributed by atoms with van der Waals surface area (Å²) in [6.07, 6.45) is -15.7. The van der Waals surface area contributed by atoms with Crippen molar-refractivity contribution < 1.29 is 85.7 Å². The van der Waals surface area contributed by atoms with Gasteiger partial charge in [-0.15, -0.1) is 0 Å². The first-order chi connectivity index (χ1) is 40.4. The number of carbonyl (C=O) groups excluding carboxylic acids is 7. The highest BCUT2D eigenvalue weighted by Gasteiger charge is 2.58. The Bertz CT molecular complexity index is 3280. The number of carbonyl (C=O) groups is 7. The monoisotopic (exact) mass is 1130 g/mol. The van der Waals surface area contributed by atoms with E-state index in [1.54, 1.807) is 133 Å². The first kappa shape index (κ1) is 58.1. The molecule has 83 heavy (non-hydrogen) atoms. The molecule has 10 atom stereocenters. The van der Waals surface area contributed by atoms with Crippen molar-refractivity contribution in [1.29, 1.82) is 0 Å². The molecule has 2 fully saturated rings. The number of hydrogen-bond acceptors (Lipinski definition) is 18. The van der Waals surface area contributed by atoms with Crippen LogP contribution in [-0.2, 0) is 58.8 Å². The predicted octanol–water partition coefficient (Wildman–Crippen LogP) is 8.17. The maximum absolute atomic E-state index is 14.6. The van der Waals surface area contributed by atoms with Gasteiger partial charge in [0.05, 0.1) is 47.1 Å². The van der Waals surface area contributed by atoms with Crippen LogP contribution in [0.25, 0.3) is 0 Å². The van der Waals surface area contributed by atoms with E-state index in [0.29, 0.717) is 11.3 Å². The molecule has 0 unspecified atom stereocenters. The highest BCUT2D eigenvalue weighted by atomic mass is 16.8. The normalized spacial score (nSPS) is 21.9. The minimum Gasteiger partial charge on any atom is -0.497 e. The Hall–Kier alpha value is -9.53. The van der Waals surface area contributed by atoms with Gasteiger partial charge in [0.2, 0.25) is 5.91 Å². The van der Waals surface area contributed by atoms with E-state index in [4.69, 9.17) is 52.1 Å². The summed E-state index contributed by atoms with van der Waals surface area (Å²) < 4.78 is 69.4. The van der Waals surface area contributed by atoms with Crippen molar-refractivity contribution >= 4 is 41.7 Å². The van der Waals surface area contributed by atoms with Crippen molar-refractivity contribution in [2.45, 2.75) is 74.9 Å². The van der Waals surface area contributed by atoms with Gasteiger partial charge in [0.25, 0.3) is 0 Å². The van der Waals surface area contributed by atoms with E-state index in [-0.39, 0.29) is 40.0 Å². The number of benzene rings is 7. The Labute approximate surface area is 477 Å². The molecule has 0 saturated carbocycles. The van der Waals surface area contributed by atoms with Crippen LogP contribution in [0.3, 0.4) is 0 Å². The van der Waals surface area contributed by atoms with E-state index in [0.717, 1.165) is 0 Å². The van der Waals surface area contributed by atoms with Crippen LogP contribution in [0.4, 0.5) is 0 Å². The molecule has 7 aromatic rings. The smallest absolute Gasteiger partial charge is 0.338 e. The minimum atomic E-state index is -2.02. The molecule has 2 aliphatic rings. The van der Waals surface area contributed by atoms with Crippen LogP contribution < -0.4 is 10.1 Å². The van der Waals surface area contributed by atoms with Gasteiger partial charge in [0.1, 0.15) is 43.3 Å². The van der Waals surface area contributed by atoms with Crippen LogP contribution in [0.5, 0.6) is 5.75 Å². The van der Waals surface area contributed by atoms with Gasteiger partial charge >= 0.3 is 35.8 Å². The third-order valence-electron chi connectivity index (χ3n) is 13.3. The second kappa shape index (κ2) is 28.3. The lowest BCUT2D eigenvalue weighted by Gasteiger charge is -2.49. The molecule has 2 saturated heterocycles. The van der Waals surface area contributed by atoms with Gasteiger partial charge in [-0.2, -0.15) is 0 Å². The van der Waals surface area contributed by atoms with Crippen LogP contribution in [0.2, 0.25) is 0 Å². The summed E-state index contributed by atoms with van der Waals surface area (Å²) in [5, 5.41) is 2.81. The third kappa shape index (κ3) is 15.3. The maximum atomic E-state index is 14.6. The molecule has 0 bridgehead atoms. The van der Waals surface area contributed by atoms with Gasteiger partial charge in [-0.3, -0.25) is 4.79 Å². The molecule has 0 aromatic heterocycles. The molecule has 1 N–H and O–H groups in total. The van der Waals surface area contributed by atoms with Crippen molar-refractivity contribution in [3.05, 3.63) is 245 Å². The second-order valence-corrected chi connectivity index (χ2v) is 18.9. The number of methoxy groups -OCH3 is 1. The molecule has 1 amide bonds. The summed E-state index contributed by atoms with van der Waals surface area (Å²) in [5.74, 6) is -5.54. The fourth-order valence-electron chi connectivity index (χ4n) is 9.15. The van der Waals surface area contributed by atoms with Crippen LogP contribution in [0.15, 0.2) is 206 Å². The molecule has 0 radical (unpaired) electrons. The zero-order valence-electron chi connectivity index (χ0n) is 44.9. The first-order valence-electron chi connectivity index (χ1n) is 26.4. The number of nitrogens with one attached hydrogen (secondary N) is 1. The fraction of sp³-hybridized carbons (Fsp3) is 0.234. The number of ether oxygens (including phenoxy) is 11. The SMILES string of the molecule is COc1ccc(CO[C@H]2O[C@H](COC(=O)c3ccccc3)[C@@H](O[C@@H]3O[C@H](COC(=O)c4ccccc4)[C@H](OC(=O)c4ccccc4)[C@H](OC(=O)c4ccccc4)[C@H]3OC(=O)c3ccccc3)[C@H](OC(=O)c3ccccc3)[C@H]2NC(C)=O)cc1. The lowest BCUT2D eigenvalue weighted by molar-refractivity contribution is -0.346. The summed E-state index contributed by atoms with van der Waals surface area (Å²) in [6.45, 7) is -0.305. The zero-order valence-corrected chi connectivity index (χ0v) is 44.9. The molecule has 2 heterocycles. The molecule has 7 aromatic carbocycles. The number of amides is 1. The van der Waals surface area contributed by atoms with Crippen LogP contribution >= 0.6 is 0 Å². The average molecular weight is 1130 g/mol. The Balaban J connectivity index is 1.19. The summed E-state index contributed by atoms with van der Waals surface area (Å²) in [6, 6.07) is 52.7. The predicted molar refractivity (Wildman–Crippen MR) is 294 cm³/mol. The van der Waals surface area contributed by atoms with Gasteiger partial charge in [0, 0.05) is 6.92 Å². The molecule has 0 spiro atoms. The number of hydrogen-bond donors (Lipinski definition) is 1. The molecule has 9 rings (SSSR count). The van der Waals surface area contributed by atoms with Gasteiger partial charge in [0.15, 0.2) is 37.0 Å². The molecular weight excluding hydrogens is 1070 g/mol. The van der Waals surface area contributed by atoms with Crippen molar-refractivity contribution in [1.82, 2.24) is 5.32 Å². The lowest BCUT2D eigenvalue weighted by atomic mass is 9.94. The standard InChI is InChI=1S/C64H57NO18/c1-40(66)65-51-54(80-60(70)45-27-15-6-16-28-45)52(49(38-74-57(67)42-21-9-3-10-22-42)77-63(51)76-37-41-33-35-48(73-2)36-34-41)83-64-56(82-62(72)47-31-19-8-20-32-47)55(81-61(71)46-29-17-7-18-30-46)53(79-59(69)44-25-13-5-14-26-44)50(78-64)39-75-58(68)43-23-11-4-12-24-43/h3-36,49-56,63-64H,37-39H2,1-2H3,(H,65,66)/t49-,50-,51-,52-,53+,54-,55+,56-,63+,64+/m1/s1. The van der Waals surface area contributed by atoms with Crippen molar-refractivity contribution in [3.63, 3.8) is 0 Å². The summed E-state index contributed by atoms with van der Waals surface area (Å²) in [4.78, 5) is 98.9. The van der Waals surface area contributed by atoms with Crippen LogP contribution in [-0.4, -0.2) is 123 Å². The zero-order chi connectivity index (χ0) is 58.1. The highest BCUT2D eigenvalue weighted by molar-refractivity contribution is 5.92. The van der Waals surface area contributed by atoms with E-state index in [2.05, 4.69) is 5.32 Å². The summed E-state index contributed by atoms with van der Waals surface area (Å²) >= 11 is 0. The Morgan fingerprint density at radius 2 is 0.747 bits per heavy atom. The molecular formula is C64H57NO18. The Morgan fingerprint density at radius 1 is 0.398 bits per heavy atom. The van der Waals surface area contributed by atoms with E-state index >= 15 is 0 Å². The topological polar surface area (TPSA) is 233 Å². The quantitative estimate of drug-likeness (QED) is 0.0528. The van der Waals surface area contributed by atoms with Gasteiger partial charge < -0.3 is 57.4 Å². The molecule has 19 nitrogen and oxygen atoms in total. The largest absolute Gasteiger partial charge is 0.497 e. The average Bonchev–Trinajstić information content (AvgIpc) is 3.69. The molecule has 0 aliphatic carbocycles. The third-order valence-corrected chi connectivity index (χ3v) is 13.3. The first-order valence-corrected chi connectivity index (χ1v) is 26.4. The van der Waals surface area contributed by atoms with E-state index < -0.39 is 116 Å². The molecule has 426 valence electrons. The van der Waals surface area contributed by atoms with Crippen molar-refractivity contribution in [2.24, 2.45) is 0 Å². The van der Waals surface area contributed by atoms with E-state index in [1.807, 2.05) is 0 Å². The van der Waals surface area contributed by atoms with Crippen molar-refractivity contribution in [2.75, 3.05) is 20.3 Å². The van der Waals surface area contributed by atoms with E-state index in [1.165, 1.54) is 86.8 Å². The van der Waals surface area contributed by atoms with Gasteiger partial charge in [-0.05, 0) is 90.5 Å². The van der Waals surface area contributed by atoms with Crippen LogP contribution in [0.1, 0.15) is 74.6 Å². The minimum absolute atomic E-state index is 0.0140. The van der Waals surface area contributed by atoms with Gasteiger partial charge in [-0.1, -0.05) is 121 Å². The van der Waals surface area contributed by atoms with Crippen molar-refractivity contribution in [3.8, 4) is 5.75 Å². The summed E-state index contributed by atoms with van der Waals surface area (Å²) in [5.41, 5.74) is 1.10. The Kier molecular flexibility index (Phi) is 19.8. The highest BCUT2D eigenvalue weighted by Crippen LogP contribution is 2.37. The summed E-state index contributed by atoms with van der Waals surface area (Å²) in [7, 11) is 1.52. The Morgan fingerprint density at radius 3 is 1.14 bits per heavy atom. The maximum Gasteiger partial charge on any atom is 0.338 e. The van der Waals surface area contributed by atoms with Gasteiger partial charge in [-0.25, -0.2) is 28.8 Å². The fourth-order valence-corrected chi connectivity index (χ4v) is 9.15. The van der Waals surface area contributed by atoms with E-state index in [9.17, 15) is 33.6 Å². The number of rotatable bonds is 21. The van der Waals surface area contributed by atoms with Crippen LogP contribution in [0, 0.1) is 0 Å². The molecule has 2 aliphatic heterocycles. The molecule has 19 heteroatoms. The lowest BCUT2D eigenvalue weighted by Crippen LogP contribution is -2.69. The second-order valence-electron chi connectivity index (χ2n) is 18.9. The number of esters is 6.